The summed E-state index contributed by atoms with van der Waals surface area (Å²) in [6.07, 6.45) is 1.25. The highest BCUT2D eigenvalue weighted by Gasteiger charge is 2.30. The topological polar surface area (TPSA) is 49.4 Å². The summed E-state index contributed by atoms with van der Waals surface area (Å²) in [5, 5.41) is 3.71. The van der Waals surface area contributed by atoms with Crippen molar-refractivity contribution in [2.24, 2.45) is 5.92 Å². The van der Waals surface area contributed by atoms with Crippen molar-refractivity contribution in [3.63, 3.8) is 0 Å². The maximum absolute atomic E-state index is 13.6. The first-order chi connectivity index (χ1) is 16.4. The Kier molecular flexibility index (Phi) is 9.72. The summed E-state index contributed by atoms with van der Waals surface area (Å²) < 4.78 is 0. The van der Waals surface area contributed by atoms with Crippen LogP contribution in [0.3, 0.4) is 0 Å². The third kappa shape index (κ3) is 7.74. The van der Waals surface area contributed by atoms with Crippen LogP contribution in [0, 0.1) is 5.92 Å². The number of benzene rings is 3. The standard InChI is InChI=1S/C29H33ClN2O2/c1-22(2)20-31-29(34)27(19-23-11-5-3-6-12-23)32(21-24-13-7-4-8-14-24)28(33)18-17-25-15-9-10-16-26(25)30/h3-16,22,27H,17-21H2,1-2H3,(H,31,34)/t27-/m1/s1. The third-order valence-corrected chi connectivity index (χ3v) is 6.09. The van der Waals surface area contributed by atoms with E-state index in [1.54, 1.807) is 4.90 Å². The first-order valence-corrected chi connectivity index (χ1v) is 12.2. The Morgan fingerprint density at radius 1 is 0.853 bits per heavy atom. The molecule has 5 heteroatoms. The fourth-order valence-electron chi connectivity index (χ4n) is 3.84. The molecule has 0 spiro atoms. The first kappa shape index (κ1) is 25.5. The summed E-state index contributed by atoms with van der Waals surface area (Å²) in [6.45, 7) is 5.05. The molecule has 0 aliphatic rings. The number of nitrogens with zero attached hydrogens (tertiary/aromatic N) is 1. The number of hydrogen-bond donors (Lipinski definition) is 1. The van der Waals surface area contributed by atoms with Gasteiger partial charge in [0.25, 0.3) is 0 Å². The van der Waals surface area contributed by atoms with Crippen LogP contribution in [0.15, 0.2) is 84.9 Å². The minimum absolute atomic E-state index is 0.0654. The van der Waals surface area contributed by atoms with Crippen LogP contribution in [0.4, 0.5) is 0 Å². The lowest BCUT2D eigenvalue weighted by Crippen LogP contribution is -2.51. The van der Waals surface area contributed by atoms with Crippen LogP contribution in [-0.4, -0.2) is 29.3 Å². The highest BCUT2D eigenvalue weighted by Crippen LogP contribution is 2.20. The quantitative estimate of drug-likeness (QED) is 0.386. The van der Waals surface area contributed by atoms with Crippen LogP contribution in [0.25, 0.3) is 0 Å². The zero-order valence-corrected chi connectivity index (χ0v) is 20.7. The van der Waals surface area contributed by atoms with Gasteiger partial charge in [0.2, 0.25) is 11.8 Å². The smallest absolute Gasteiger partial charge is 0.243 e. The Labute approximate surface area is 207 Å². The summed E-state index contributed by atoms with van der Waals surface area (Å²) in [7, 11) is 0. The van der Waals surface area contributed by atoms with Gasteiger partial charge in [-0.2, -0.15) is 0 Å². The first-order valence-electron chi connectivity index (χ1n) is 11.8. The second-order valence-corrected chi connectivity index (χ2v) is 9.35. The van der Waals surface area contributed by atoms with Crippen LogP contribution in [0.2, 0.25) is 5.02 Å². The highest BCUT2D eigenvalue weighted by molar-refractivity contribution is 6.31. The minimum atomic E-state index is -0.611. The number of carbonyl (C=O) groups excluding carboxylic acids is 2. The average molecular weight is 477 g/mol. The van der Waals surface area contributed by atoms with Gasteiger partial charge in [-0.15, -0.1) is 0 Å². The van der Waals surface area contributed by atoms with Crippen molar-refractivity contribution in [3.05, 3.63) is 107 Å². The van der Waals surface area contributed by atoms with E-state index in [1.165, 1.54) is 0 Å². The fourth-order valence-corrected chi connectivity index (χ4v) is 4.07. The van der Waals surface area contributed by atoms with Crippen molar-refractivity contribution in [2.75, 3.05) is 6.54 Å². The molecule has 34 heavy (non-hydrogen) atoms. The van der Waals surface area contributed by atoms with Crippen molar-refractivity contribution in [3.8, 4) is 0 Å². The van der Waals surface area contributed by atoms with E-state index in [-0.39, 0.29) is 18.2 Å². The molecule has 0 fully saturated rings. The summed E-state index contributed by atoms with van der Waals surface area (Å²) in [6, 6.07) is 26.6. The molecular weight excluding hydrogens is 444 g/mol. The van der Waals surface area contributed by atoms with E-state index in [9.17, 15) is 9.59 Å². The molecule has 0 heterocycles. The number of hydrogen-bond acceptors (Lipinski definition) is 2. The van der Waals surface area contributed by atoms with Gasteiger partial charge in [-0.25, -0.2) is 0 Å². The van der Waals surface area contributed by atoms with Gasteiger partial charge in [0.1, 0.15) is 6.04 Å². The predicted molar refractivity (Wildman–Crippen MR) is 139 cm³/mol. The fraction of sp³-hybridized carbons (Fsp3) is 0.310. The lowest BCUT2D eigenvalue weighted by Gasteiger charge is -2.32. The van der Waals surface area contributed by atoms with E-state index in [2.05, 4.69) is 19.2 Å². The molecule has 3 rings (SSSR count). The molecule has 0 saturated carbocycles. The molecule has 0 radical (unpaired) electrons. The lowest BCUT2D eigenvalue weighted by molar-refractivity contribution is -0.141. The number of carbonyl (C=O) groups is 2. The number of amides is 2. The van der Waals surface area contributed by atoms with E-state index in [1.807, 2.05) is 84.9 Å². The normalized spacial score (nSPS) is 11.8. The Morgan fingerprint density at radius 3 is 2.06 bits per heavy atom. The van der Waals surface area contributed by atoms with Gasteiger partial charge in [0.05, 0.1) is 0 Å². The van der Waals surface area contributed by atoms with Gasteiger partial charge < -0.3 is 10.2 Å². The number of halogens is 1. The van der Waals surface area contributed by atoms with Gasteiger partial charge in [0, 0.05) is 31.0 Å². The highest BCUT2D eigenvalue weighted by atomic mass is 35.5. The van der Waals surface area contributed by atoms with Gasteiger partial charge >= 0.3 is 0 Å². The number of aryl methyl sites for hydroxylation is 1. The maximum Gasteiger partial charge on any atom is 0.243 e. The van der Waals surface area contributed by atoms with Gasteiger partial charge in [-0.05, 0) is 35.1 Å². The second-order valence-electron chi connectivity index (χ2n) is 8.94. The van der Waals surface area contributed by atoms with Crippen molar-refractivity contribution in [1.29, 1.82) is 0 Å². The third-order valence-electron chi connectivity index (χ3n) is 5.72. The van der Waals surface area contributed by atoms with Crippen LogP contribution in [0.5, 0.6) is 0 Å². The van der Waals surface area contributed by atoms with Gasteiger partial charge in [-0.3, -0.25) is 9.59 Å². The van der Waals surface area contributed by atoms with Crippen LogP contribution in [-0.2, 0) is 29.0 Å². The second kappa shape index (κ2) is 13.0. The zero-order chi connectivity index (χ0) is 24.3. The lowest BCUT2D eigenvalue weighted by atomic mass is 10.0. The van der Waals surface area contributed by atoms with Crippen molar-refractivity contribution in [1.82, 2.24) is 10.2 Å². The summed E-state index contributed by atoms with van der Waals surface area (Å²) >= 11 is 6.32. The molecule has 0 aliphatic carbocycles. The molecule has 3 aromatic carbocycles. The van der Waals surface area contributed by atoms with E-state index in [0.29, 0.717) is 36.9 Å². The van der Waals surface area contributed by atoms with Crippen LogP contribution < -0.4 is 5.32 Å². The van der Waals surface area contributed by atoms with E-state index >= 15 is 0 Å². The summed E-state index contributed by atoms with van der Waals surface area (Å²) in [5.41, 5.74) is 2.94. The SMILES string of the molecule is CC(C)CNC(=O)[C@@H](Cc1ccccc1)N(Cc1ccccc1)C(=O)CCc1ccccc1Cl. The van der Waals surface area contributed by atoms with Gasteiger partial charge in [-0.1, -0.05) is 104 Å². The minimum Gasteiger partial charge on any atom is -0.354 e. The molecule has 4 nitrogen and oxygen atoms in total. The monoisotopic (exact) mass is 476 g/mol. The summed E-state index contributed by atoms with van der Waals surface area (Å²) in [5.74, 6) is 0.129. The van der Waals surface area contributed by atoms with Crippen LogP contribution >= 0.6 is 11.6 Å². The Bertz CT molecular complexity index is 1050. The Balaban J connectivity index is 1.88. The zero-order valence-electron chi connectivity index (χ0n) is 19.9. The van der Waals surface area contributed by atoms with Crippen molar-refractivity contribution < 1.29 is 9.59 Å². The number of nitrogens with one attached hydrogen (secondary N) is 1. The van der Waals surface area contributed by atoms with Crippen molar-refractivity contribution >= 4 is 23.4 Å². The molecule has 0 saturated heterocycles. The molecular formula is C29H33ClN2O2. The van der Waals surface area contributed by atoms with E-state index < -0.39 is 6.04 Å². The largest absolute Gasteiger partial charge is 0.354 e. The molecule has 178 valence electrons. The van der Waals surface area contributed by atoms with Gasteiger partial charge in [0.15, 0.2) is 0 Å². The predicted octanol–water partition coefficient (Wildman–Crippen LogP) is 5.68. The average Bonchev–Trinajstić information content (AvgIpc) is 2.85. The number of rotatable bonds is 11. The summed E-state index contributed by atoms with van der Waals surface area (Å²) in [4.78, 5) is 28.7. The molecule has 1 N–H and O–H groups in total. The molecule has 0 aliphatic heterocycles. The molecule has 0 unspecified atom stereocenters. The van der Waals surface area contributed by atoms with Crippen molar-refractivity contribution in [2.45, 2.75) is 45.7 Å². The maximum atomic E-state index is 13.6. The van der Waals surface area contributed by atoms with E-state index in [4.69, 9.17) is 11.6 Å². The van der Waals surface area contributed by atoms with E-state index in [0.717, 1.165) is 16.7 Å². The molecule has 1 atom stereocenters. The molecule has 3 aromatic rings. The Hall–Kier alpha value is -3.11. The van der Waals surface area contributed by atoms with Crippen LogP contribution in [0.1, 0.15) is 37.0 Å². The Morgan fingerprint density at radius 2 is 1.44 bits per heavy atom. The molecule has 0 bridgehead atoms. The molecule has 0 aromatic heterocycles. The molecule has 2 amide bonds.